The summed E-state index contributed by atoms with van der Waals surface area (Å²) in [6, 6.07) is 11.9. The van der Waals surface area contributed by atoms with Gasteiger partial charge in [-0.15, -0.1) is 0 Å². The van der Waals surface area contributed by atoms with E-state index >= 15 is 0 Å². The van der Waals surface area contributed by atoms with E-state index in [0.717, 1.165) is 11.1 Å². The molecule has 0 aliphatic heterocycles. The van der Waals surface area contributed by atoms with E-state index in [-0.39, 0.29) is 10.6 Å². The lowest BCUT2D eigenvalue weighted by Crippen LogP contribution is -2.27. The molecule has 1 unspecified atom stereocenters. The lowest BCUT2D eigenvalue weighted by Gasteiger charge is -2.16. The number of nitrogens with zero attached hydrogens (tertiary/aromatic N) is 1. The fourth-order valence-electron chi connectivity index (χ4n) is 2.18. The van der Waals surface area contributed by atoms with Gasteiger partial charge >= 0.3 is 0 Å². The molecule has 1 N–H and O–H groups in total. The van der Waals surface area contributed by atoms with Crippen LogP contribution in [0.4, 0.5) is 5.69 Å². The molecule has 0 saturated carbocycles. The maximum Gasteiger partial charge on any atom is 0.269 e. The first-order valence-electron chi connectivity index (χ1n) is 6.63. The lowest BCUT2D eigenvalue weighted by atomic mass is 10.0. The van der Waals surface area contributed by atoms with Crippen molar-refractivity contribution in [2.75, 3.05) is 0 Å². The SMILES string of the molecule is Cc1ccccc1C(C)NS(=O)(=O)c1ccc([N+](=O)[O-])cc1. The molecule has 7 heteroatoms. The van der Waals surface area contributed by atoms with Crippen molar-refractivity contribution in [1.82, 2.24) is 4.72 Å². The first-order valence-corrected chi connectivity index (χ1v) is 8.12. The van der Waals surface area contributed by atoms with Crippen LogP contribution in [0, 0.1) is 17.0 Å². The Morgan fingerprint density at radius 2 is 1.68 bits per heavy atom. The van der Waals surface area contributed by atoms with Crippen molar-refractivity contribution in [2.24, 2.45) is 0 Å². The predicted molar refractivity (Wildman–Crippen MR) is 83.0 cm³/mol. The maximum atomic E-state index is 12.3. The van der Waals surface area contributed by atoms with E-state index < -0.39 is 21.0 Å². The molecule has 0 amide bonds. The largest absolute Gasteiger partial charge is 0.269 e. The Labute approximate surface area is 129 Å². The summed E-state index contributed by atoms with van der Waals surface area (Å²) in [4.78, 5) is 10.0. The zero-order valence-corrected chi connectivity index (χ0v) is 13.0. The van der Waals surface area contributed by atoms with Gasteiger partial charge < -0.3 is 0 Å². The van der Waals surface area contributed by atoms with Crippen LogP contribution < -0.4 is 4.72 Å². The summed E-state index contributed by atoms with van der Waals surface area (Å²) in [5.74, 6) is 0. The number of nitro groups is 1. The fraction of sp³-hybridized carbons (Fsp3) is 0.200. The molecule has 0 radical (unpaired) electrons. The average molecular weight is 320 g/mol. The number of benzene rings is 2. The Morgan fingerprint density at radius 1 is 1.09 bits per heavy atom. The molecule has 22 heavy (non-hydrogen) atoms. The molecular weight excluding hydrogens is 304 g/mol. The number of nitrogens with one attached hydrogen (secondary N) is 1. The molecule has 0 bridgehead atoms. The van der Waals surface area contributed by atoms with Gasteiger partial charge in [-0.1, -0.05) is 24.3 Å². The smallest absolute Gasteiger partial charge is 0.258 e. The van der Waals surface area contributed by atoms with Gasteiger partial charge in [0.25, 0.3) is 5.69 Å². The van der Waals surface area contributed by atoms with Crippen LogP contribution in [0.1, 0.15) is 24.1 Å². The van der Waals surface area contributed by atoms with Crippen molar-refractivity contribution < 1.29 is 13.3 Å². The molecule has 2 aromatic rings. The molecule has 0 spiro atoms. The molecule has 116 valence electrons. The van der Waals surface area contributed by atoms with Crippen molar-refractivity contribution in [1.29, 1.82) is 0 Å². The summed E-state index contributed by atoms with van der Waals surface area (Å²) < 4.78 is 27.2. The standard InChI is InChI=1S/C15H16N2O4S/c1-11-5-3-4-6-15(11)12(2)16-22(20,21)14-9-7-13(8-10-14)17(18)19/h3-10,12,16H,1-2H3. The summed E-state index contributed by atoms with van der Waals surface area (Å²) in [5, 5.41) is 10.6. The molecule has 0 heterocycles. The molecule has 1 atom stereocenters. The number of hydrogen-bond donors (Lipinski definition) is 1. The minimum atomic E-state index is -3.74. The highest BCUT2D eigenvalue weighted by atomic mass is 32.2. The van der Waals surface area contributed by atoms with Crippen molar-refractivity contribution in [3.05, 3.63) is 69.8 Å². The normalized spacial score (nSPS) is 12.8. The van der Waals surface area contributed by atoms with E-state index in [1.165, 1.54) is 24.3 Å². The Kier molecular flexibility index (Phi) is 4.58. The van der Waals surface area contributed by atoms with Crippen LogP contribution in [0.3, 0.4) is 0 Å². The van der Waals surface area contributed by atoms with Crippen molar-refractivity contribution in [3.63, 3.8) is 0 Å². The third-order valence-electron chi connectivity index (χ3n) is 3.34. The molecule has 6 nitrogen and oxygen atoms in total. The number of sulfonamides is 1. The van der Waals surface area contributed by atoms with Gasteiger partial charge in [-0.05, 0) is 37.1 Å². The van der Waals surface area contributed by atoms with Crippen LogP contribution in [-0.2, 0) is 10.0 Å². The number of rotatable bonds is 5. The second-order valence-electron chi connectivity index (χ2n) is 4.95. The molecule has 2 rings (SSSR count). The van der Waals surface area contributed by atoms with E-state index in [9.17, 15) is 18.5 Å². The quantitative estimate of drug-likeness (QED) is 0.677. The van der Waals surface area contributed by atoms with Gasteiger partial charge in [-0.3, -0.25) is 10.1 Å². The second-order valence-corrected chi connectivity index (χ2v) is 6.66. The number of aryl methyl sites for hydroxylation is 1. The summed E-state index contributed by atoms with van der Waals surface area (Å²) in [6.45, 7) is 3.66. The van der Waals surface area contributed by atoms with Gasteiger partial charge in [0.1, 0.15) is 0 Å². The minimum absolute atomic E-state index is 0.00136. The molecule has 0 aliphatic rings. The predicted octanol–water partition coefficient (Wildman–Crippen LogP) is 2.94. The van der Waals surface area contributed by atoms with Gasteiger partial charge in [-0.25, -0.2) is 13.1 Å². The highest BCUT2D eigenvalue weighted by Gasteiger charge is 2.20. The Bertz CT molecular complexity index is 785. The zero-order chi connectivity index (χ0) is 16.3. The van der Waals surface area contributed by atoms with Gasteiger partial charge in [-0.2, -0.15) is 0 Å². The van der Waals surface area contributed by atoms with Crippen molar-refractivity contribution in [3.8, 4) is 0 Å². The van der Waals surface area contributed by atoms with Gasteiger partial charge in [0.2, 0.25) is 10.0 Å². The number of nitro benzene ring substituents is 1. The van der Waals surface area contributed by atoms with Crippen LogP contribution in [0.2, 0.25) is 0 Å². The van der Waals surface area contributed by atoms with Gasteiger partial charge in [0.15, 0.2) is 0 Å². The molecule has 0 saturated heterocycles. The average Bonchev–Trinajstić information content (AvgIpc) is 2.47. The van der Waals surface area contributed by atoms with Crippen LogP contribution in [0.25, 0.3) is 0 Å². The van der Waals surface area contributed by atoms with Crippen LogP contribution in [0.5, 0.6) is 0 Å². The highest BCUT2D eigenvalue weighted by Crippen LogP contribution is 2.21. The molecule has 0 aliphatic carbocycles. The Hall–Kier alpha value is -2.25. The van der Waals surface area contributed by atoms with Gasteiger partial charge in [0.05, 0.1) is 9.82 Å². The maximum absolute atomic E-state index is 12.3. The summed E-state index contributed by atoms with van der Waals surface area (Å²) in [7, 11) is -3.74. The lowest BCUT2D eigenvalue weighted by molar-refractivity contribution is -0.384. The topological polar surface area (TPSA) is 89.3 Å². The molecule has 0 fully saturated rings. The van der Waals surface area contributed by atoms with Crippen molar-refractivity contribution in [2.45, 2.75) is 24.8 Å². The first kappa shape index (κ1) is 16.1. The summed E-state index contributed by atoms with van der Waals surface area (Å²) in [6.07, 6.45) is 0. The van der Waals surface area contributed by atoms with Crippen LogP contribution in [0.15, 0.2) is 53.4 Å². The van der Waals surface area contributed by atoms with E-state index in [2.05, 4.69) is 4.72 Å². The first-order chi connectivity index (χ1) is 10.3. The van der Waals surface area contributed by atoms with E-state index in [1.807, 2.05) is 31.2 Å². The molecule has 0 aromatic heterocycles. The van der Waals surface area contributed by atoms with E-state index in [4.69, 9.17) is 0 Å². The minimum Gasteiger partial charge on any atom is -0.258 e. The van der Waals surface area contributed by atoms with E-state index in [1.54, 1.807) is 6.92 Å². The third kappa shape index (κ3) is 3.49. The third-order valence-corrected chi connectivity index (χ3v) is 4.90. The van der Waals surface area contributed by atoms with Crippen molar-refractivity contribution >= 4 is 15.7 Å². The summed E-state index contributed by atoms with van der Waals surface area (Å²) in [5.41, 5.74) is 1.72. The van der Waals surface area contributed by atoms with E-state index in [0.29, 0.717) is 0 Å². The Morgan fingerprint density at radius 3 is 2.23 bits per heavy atom. The number of hydrogen-bond acceptors (Lipinski definition) is 4. The highest BCUT2D eigenvalue weighted by molar-refractivity contribution is 7.89. The van der Waals surface area contributed by atoms with Crippen LogP contribution >= 0.6 is 0 Å². The fourth-order valence-corrected chi connectivity index (χ4v) is 3.41. The summed E-state index contributed by atoms with van der Waals surface area (Å²) >= 11 is 0. The monoisotopic (exact) mass is 320 g/mol. The number of non-ortho nitro benzene ring substituents is 1. The second kappa shape index (κ2) is 6.25. The molecular formula is C15H16N2O4S. The Balaban J connectivity index is 2.24. The van der Waals surface area contributed by atoms with Gasteiger partial charge in [0, 0.05) is 18.2 Å². The molecule has 2 aromatic carbocycles. The van der Waals surface area contributed by atoms with Crippen LogP contribution in [-0.4, -0.2) is 13.3 Å². The zero-order valence-electron chi connectivity index (χ0n) is 12.2.